The molecule has 0 amide bonds. The van der Waals surface area contributed by atoms with Gasteiger partial charge in [-0.1, -0.05) is 79.7 Å². The molecule has 226 valence electrons. The van der Waals surface area contributed by atoms with Crippen LogP contribution < -0.4 is 10.0 Å². The van der Waals surface area contributed by atoms with Gasteiger partial charge in [-0.2, -0.15) is 0 Å². The number of aliphatic hydroxyl groups excluding tert-OH is 2. The summed E-state index contributed by atoms with van der Waals surface area (Å²) in [5.41, 5.74) is 3.77. The highest BCUT2D eigenvalue weighted by Crippen LogP contribution is 2.47. The number of benzene rings is 2. The van der Waals surface area contributed by atoms with Gasteiger partial charge in [0.25, 0.3) is 0 Å². The lowest BCUT2D eigenvalue weighted by atomic mass is 9.91. The van der Waals surface area contributed by atoms with Gasteiger partial charge in [-0.15, -0.1) is 12.8 Å². The number of aryl methyl sites for hydroxylation is 1. The number of ether oxygens (including phenoxy) is 2. The van der Waals surface area contributed by atoms with Crippen LogP contribution in [0, 0.1) is 25.7 Å². The van der Waals surface area contributed by atoms with E-state index in [4.69, 9.17) is 9.47 Å². The Labute approximate surface area is 256 Å². The molecule has 0 aromatic heterocycles. The summed E-state index contributed by atoms with van der Waals surface area (Å²) in [5, 5.41) is 25.1. The zero-order chi connectivity index (χ0) is 30.4. The third-order valence-electron chi connectivity index (χ3n) is 7.85. The maximum atomic E-state index is 10.7. The minimum Gasteiger partial charge on any atom is -0.493 e. The molecule has 4 atom stereocenters. The van der Waals surface area contributed by atoms with Crippen LogP contribution in [0.1, 0.15) is 48.9 Å². The first-order valence-electron chi connectivity index (χ1n) is 14.6. The smallest absolute Gasteiger partial charge is 0.122 e. The average Bonchev–Trinajstić information content (AvgIpc) is 3.74. The van der Waals surface area contributed by atoms with Crippen molar-refractivity contribution in [2.24, 2.45) is 5.92 Å². The van der Waals surface area contributed by atoms with E-state index in [1.54, 1.807) is 6.08 Å². The van der Waals surface area contributed by atoms with Crippen molar-refractivity contribution < 1.29 is 19.7 Å². The third-order valence-corrected chi connectivity index (χ3v) is 8.70. The van der Waals surface area contributed by atoms with Crippen LogP contribution in [0.2, 0.25) is 0 Å². The summed E-state index contributed by atoms with van der Waals surface area (Å²) >= 11 is 1.45. The summed E-state index contributed by atoms with van der Waals surface area (Å²) in [4.78, 5) is 0.950. The van der Waals surface area contributed by atoms with Crippen molar-refractivity contribution in [3.63, 3.8) is 0 Å². The van der Waals surface area contributed by atoms with E-state index in [0.717, 1.165) is 23.5 Å². The highest BCUT2D eigenvalue weighted by molar-refractivity contribution is 8.01. The van der Waals surface area contributed by atoms with Crippen LogP contribution in [0.25, 0.3) is 0 Å². The van der Waals surface area contributed by atoms with E-state index in [0.29, 0.717) is 45.1 Å². The molecule has 3 aliphatic rings. The van der Waals surface area contributed by atoms with Crippen molar-refractivity contribution in [3.8, 4) is 12.8 Å². The molecule has 6 nitrogen and oxygen atoms in total. The Kier molecular flexibility index (Phi) is 13.9. The van der Waals surface area contributed by atoms with Crippen LogP contribution in [0.3, 0.4) is 0 Å². The predicted octanol–water partition coefficient (Wildman–Crippen LogP) is 5.64. The van der Waals surface area contributed by atoms with Crippen molar-refractivity contribution in [1.29, 1.82) is 0 Å². The molecule has 42 heavy (non-hydrogen) atoms. The van der Waals surface area contributed by atoms with Crippen molar-refractivity contribution >= 4 is 11.9 Å². The summed E-state index contributed by atoms with van der Waals surface area (Å²) in [6.07, 6.45) is 16.4. The van der Waals surface area contributed by atoms with Crippen molar-refractivity contribution in [1.82, 2.24) is 10.0 Å². The molecule has 0 radical (unpaired) electrons. The summed E-state index contributed by atoms with van der Waals surface area (Å²) in [6, 6.07) is 18.5. The average molecular weight is 591 g/mol. The van der Waals surface area contributed by atoms with Crippen molar-refractivity contribution in [2.75, 3.05) is 26.4 Å². The molecule has 1 saturated carbocycles. The summed E-state index contributed by atoms with van der Waals surface area (Å²) < 4.78 is 14.2. The third kappa shape index (κ3) is 10.2. The van der Waals surface area contributed by atoms with Gasteiger partial charge < -0.3 is 25.0 Å². The van der Waals surface area contributed by atoms with Gasteiger partial charge in [0, 0.05) is 23.4 Å². The van der Waals surface area contributed by atoms with Gasteiger partial charge in [-0.25, -0.2) is 0 Å². The summed E-state index contributed by atoms with van der Waals surface area (Å²) in [7, 11) is 0. The first-order chi connectivity index (χ1) is 20.4. The van der Waals surface area contributed by atoms with E-state index in [2.05, 4.69) is 67.6 Å². The van der Waals surface area contributed by atoms with Crippen LogP contribution in [0.15, 0.2) is 90.1 Å². The van der Waals surface area contributed by atoms with E-state index >= 15 is 0 Å². The van der Waals surface area contributed by atoms with Crippen molar-refractivity contribution in [2.45, 2.75) is 63.3 Å². The Morgan fingerprint density at radius 3 is 2.48 bits per heavy atom. The minimum absolute atomic E-state index is 0.00233. The zero-order valence-corrected chi connectivity index (χ0v) is 25.7. The molecular weight excluding hydrogens is 544 g/mol. The van der Waals surface area contributed by atoms with Crippen LogP contribution in [0.5, 0.6) is 0 Å². The predicted molar refractivity (Wildman–Crippen MR) is 174 cm³/mol. The number of rotatable bonds is 11. The van der Waals surface area contributed by atoms with Gasteiger partial charge in [-0.3, -0.25) is 4.72 Å². The number of fused-ring (bicyclic) bond motifs is 1. The number of allylic oxidation sites excluding steroid dienone is 3. The lowest BCUT2D eigenvalue weighted by molar-refractivity contribution is 0.0135. The minimum atomic E-state index is -0.452. The molecule has 7 heteroatoms. The molecule has 4 unspecified atom stereocenters. The first-order valence-corrected chi connectivity index (χ1v) is 15.4. The largest absolute Gasteiger partial charge is 0.493 e. The molecule has 5 rings (SSSR count). The molecule has 0 spiro atoms. The Morgan fingerprint density at radius 1 is 1.14 bits per heavy atom. The Balaban J connectivity index is 0.000000465. The molecule has 1 saturated heterocycles. The quantitative estimate of drug-likeness (QED) is 0.153. The van der Waals surface area contributed by atoms with E-state index in [1.165, 1.54) is 28.6 Å². The Hall–Kier alpha value is -2.83. The number of nitrogens with one attached hydrogen (secondary N) is 2. The number of hydrogen-bond acceptors (Lipinski definition) is 7. The van der Waals surface area contributed by atoms with Crippen LogP contribution >= 0.6 is 11.9 Å². The number of terminal acetylenes is 1. The van der Waals surface area contributed by atoms with Crippen molar-refractivity contribution in [3.05, 3.63) is 107 Å². The van der Waals surface area contributed by atoms with Crippen LogP contribution in [-0.2, 0) is 15.9 Å². The standard InChI is InChI=1S/C26H36N2O4S.C7H8.C2H2/c1-3-22(9-8-21-17-31-12-13-32-21)33-27-16-20(29)14-18(2)26(10-11-26)28-25-23-7-5-4-6-19(23)15-24(25)30;1-7-5-3-2-4-6-7;1-2/h3-9,18,20,24-25,27-30H,1,10-17H2,2H3;2-6H,1H3;1-2H/b21-8+,22-9+;;. The SMILES string of the molecule is C#C.C=C/C(=C\C=C1/COCCO1)SNCC(O)CC(C)C1(NC2c3ccccc3CC2O)CC1.Cc1ccccc1. The lowest BCUT2D eigenvalue weighted by Crippen LogP contribution is -2.44. The second-order valence-electron chi connectivity index (χ2n) is 11.0. The molecule has 1 aliphatic heterocycles. The molecule has 1 heterocycles. The lowest BCUT2D eigenvalue weighted by Gasteiger charge is -2.31. The van der Waals surface area contributed by atoms with Crippen LogP contribution in [-0.4, -0.2) is 54.3 Å². The summed E-state index contributed by atoms with van der Waals surface area (Å²) in [6.45, 7) is 10.3. The van der Waals surface area contributed by atoms with Gasteiger partial charge in [0.1, 0.15) is 19.0 Å². The molecule has 2 fully saturated rings. The number of hydrogen-bond donors (Lipinski definition) is 4. The number of aliphatic hydroxyl groups is 2. The zero-order valence-electron chi connectivity index (χ0n) is 24.9. The fourth-order valence-electron chi connectivity index (χ4n) is 5.31. The normalized spacial score (nSPS) is 22.7. The Morgan fingerprint density at radius 2 is 1.86 bits per heavy atom. The van der Waals surface area contributed by atoms with Gasteiger partial charge in [0.2, 0.25) is 0 Å². The van der Waals surface area contributed by atoms with E-state index in [1.807, 2.05) is 42.5 Å². The van der Waals surface area contributed by atoms with E-state index in [-0.39, 0.29) is 17.7 Å². The molecule has 4 N–H and O–H groups in total. The van der Waals surface area contributed by atoms with Gasteiger partial charge in [0.15, 0.2) is 0 Å². The maximum Gasteiger partial charge on any atom is 0.122 e. The van der Waals surface area contributed by atoms with Gasteiger partial charge >= 0.3 is 0 Å². The monoisotopic (exact) mass is 590 g/mol. The maximum absolute atomic E-state index is 10.7. The fraction of sp³-hybridized carbons (Fsp3) is 0.429. The second-order valence-corrected chi connectivity index (χ2v) is 11.9. The first kappa shape index (κ1) is 33.7. The molecular formula is C35H46N2O4S. The summed E-state index contributed by atoms with van der Waals surface area (Å²) in [5.74, 6) is 1.12. The van der Waals surface area contributed by atoms with Gasteiger partial charge in [-0.05, 0) is 67.3 Å². The highest BCUT2D eigenvalue weighted by Gasteiger charge is 2.50. The Bertz CT molecular complexity index is 1180. The van der Waals surface area contributed by atoms with Crippen LogP contribution in [0.4, 0.5) is 0 Å². The molecule has 2 aliphatic carbocycles. The highest BCUT2D eigenvalue weighted by atomic mass is 32.2. The molecule has 0 bridgehead atoms. The second kappa shape index (κ2) is 17.3. The molecule has 2 aromatic rings. The fourth-order valence-corrected chi connectivity index (χ4v) is 5.97. The van der Waals surface area contributed by atoms with Gasteiger partial charge in [0.05, 0.1) is 24.9 Å². The molecule has 2 aromatic carbocycles. The van der Waals surface area contributed by atoms with E-state index < -0.39 is 6.10 Å². The van der Waals surface area contributed by atoms with E-state index in [9.17, 15) is 10.2 Å². The topological polar surface area (TPSA) is 83.0 Å².